The molecule has 1 unspecified atom stereocenters. The lowest BCUT2D eigenvalue weighted by Crippen LogP contribution is -2.36. The van der Waals surface area contributed by atoms with Crippen LogP contribution in [0.4, 0.5) is 0 Å². The first-order chi connectivity index (χ1) is 8.11. The van der Waals surface area contributed by atoms with Crippen LogP contribution in [0.1, 0.15) is 0 Å². The highest BCUT2D eigenvalue weighted by Gasteiger charge is 2.26. The third-order valence-electron chi connectivity index (χ3n) is 2.32. The molecule has 0 amide bonds. The number of rotatable bonds is 1. The standard InChI is InChI=1S/C10H11BrN4OS/c1-16-10(17)14-9(12)7-4-13-8-3-2-6(11)5-15(7)8/h2-5,8,13H,1H3,(H2,12,14,17). The van der Waals surface area contributed by atoms with Gasteiger partial charge in [0.1, 0.15) is 11.9 Å². The van der Waals surface area contributed by atoms with Gasteiger partial charge in [0.15, 0.2) is 5.84 Å². The molecular weight excluding hydrogens is 304 g/mol. The van der Waals surface area contributed by atoms with Gasteiger partial charge >= 0.3 is 0 Å². The predicted octanol–water partition coefficient (Wildman–Crippen LogP) is 1.15. The summed E-state index contributed by atoms with van der Waals surface area (Å²) >= 11 is 8.25. The molecule has 0 fully saturated rings. The second-order valence-electron chi connectivity index (χ2n) is 3.39. The Morgan fingerprint density at radius 1 is 1.71 bits per heavy atom. The number of nitrogens with one attached hydrogen (secondary N) is 1. The Kier molecular flexibility index (Phi) is 3.49. The fourth-order valence-corrected chi connectivity index (χ4v) is 2.01. The molecular formula is C10H11BrN4OS. The van der Waals surface area contributed by atoms with E-state index in [-0.39, 0.29) is 11.3 Å². The van der Waals surface area contributed by atoms with Crippen molar-refractivity contribution in [2.75, 3.05) is 7.11 Å². The molecule has 2 aliphatic rings. The second-order valence-corrected chi connectivity index (χ2v) is 4.65. The van der Waals surface area contributed by atoms with Crippen LogP contribution in [-0.4, -0.2) is 29.2 Å². The van der Waals surface area contributed by atoms with E-state index < -0.39 is 0 Å². The Morgan fingerprint density at radius 3 is 3.18 bits per heavy atom. The van der Waals surface area contributed by atoms with Gasteiger partial charge in [0.25, 0.3) is 5.17 Å². The maximum atomic E-state index is 5.87. The molecule has 0 aliphatic carbocycles. The smallest absolute Gasteiger partial charge is 0.285 e. The first-order valence-corrected chi connectivity index (χ1v) is 6.04. The minimum atomic E-state index is 0.0659. The number of ether oxygens (including phenoxy) is 1. The van der Waals surface area contributed by atoms with E-state index in [0.29, 0.717) is 5.84 Å². The monoisotopic (exact) mass is 314 g/mol. The van der Waals surface area contributed by atoms with Crippen molar-refractivity contribution in [1.82, 2.24) is 10.2 Å². The van der Waals surface area contributed by atoms with Gasteiger partial charge in [-0.25, -0.2) is 0 Å². The van der Waals surface area contributed by atoms with Crippen LogP contribution >= 0.6 is 28.1 Å². The number of thiocarbonyl (C=S) groups is 1. The summed E-state index contributed by atoms with van der Waals surface area (Å²) in [6.07, 6.45) is 7.77. The Bertz CT molecular complexity index is 469. The number of nitrogens with zero attached hydrogens (tertiary/aromatic N) is 2. The summed E-state index contributed by atoms with van der Waals surface area (Å²) in [6, 6.07) is 0. The van der Waals surface area contributed by atoms with Gasteiger partial charge in [0.2, 0.25) is 0 Å². The number of nitrogens with two attached hydrogens (primary N) is 1. The molecule has 2 rings (SSSR count). The fourth-order valence-electron chi connectivity index (χ4n) is 1.53. The number of hydrogen-bond acceptors (Lipinski definition) is 4. The number of amidine groups is 1. The normalized spacial score (nSPS) is 22.6. The maximum Gasteiger partial charge on any atom is 0.285 e. The SMILES string of the molecule is COC(=S)N=C(N)C1=CNC2C=CC(Br)=CN12. The lowest BCUT2D eigenvalue weighted by molar-refractivity contribution is 0.406. The lowest BCUT2D eigenvalue weighted by Gasteiger charge is -2.25. The van der Waals surface area contributed by atoms with Crippen molar-refractivity contribution in [2.45, 2.75) is 6.17 Å². The van der Waals surface area contributed by atoms with Crippen molar-refractivity contribution in [1.29, 1.82) is 0 Å². The van der Waals surface area contributed by atoms with Crippen molar-refractivity contribution >= 4 is 39.2 Å². The van der Waals surface area contributed by atoms with Crippen LogP contribution in [0.2, 0.25) is 0 Å². The summed E-state index contributed by atoms with van der Waals surface area (Å²) in [5, 5.41) is 3.28. The topological polar surface area (TPSA) is 62.9 Å². The molecule has 3 N–H and O–H groups in total. The average Bonchev–Trinajstić information content (AvgIpc) is 2.71. The number of hydrogen-bond donors (Lipinski definition) is 2. The van der Waals surface area contributed by atoms with Crippen LogP contribution in [0, 0.1) is 0 Å². The first kappa shape index (κ1) is 12.1. The van der Waals surface area contributed by atoms with Crippen molar-refractivity contribution in [3.05, 3.63) is 34.7 Å². The molecule has 1 atom stereocenters. The average molecular weight is 315 g/mol. The quantitative estimate of drug-likeness (QED) is 0.432. The van der Waals surface area contributed by atoms with Crippen LogP contribution < -0.4 is 11.1 Å². The third-order valence-corrected chi connectivity index (χ3v) is 3.04. The van der Waals surface area contributed by atoms with Gasteiger partial charge in [0, 0.05) is 16.9 Å². The molecule has 0 bridgehead atoms. The van der Waals surface area contributed by atoms with Crippen LogP contribution in [0.3, 0.4) is 0 Å². The molecule has 7 heteroatoms. The largest absolute Gasteiger partial charge is 0.473 e. The van der Waals surface area contributed by atoms with Gasteiger partial charge in [-0.1, -0.05) is 0 Å². The summed E-state index contributed by atoms with van der Waals surface area (Å²) in [5.74, 6) is 0.318. The van der Waals surface area contributed by atoms with E-state index in [2.05, 4.69) is 26.2 Å². The summed E-state index contributed by atoms with van der Waals surface area (Å²) < 4.78 is 5.76. The predicted molar refractivity (Wildman–Crippen MR) is 74.2 cm³/mol. The van der Waals surface area contributed by atoms with Crippen molar-refractivity contribution in [3.8, 4) is 0 Å². The molecule has 0 radical (unpaired) electrons. The number of aliphatic imine (C=N–C) groups is 1. The van der Waals surface area contributed by atoms with E-state index in [1.165, 1.54) is 7.11 Å². The van der Waals surface area contributed by atoms with E-state index >= 15 is 0 Å². The second kappa shape index (κ2) is 4.89. The highest BCUT2D eigenvalue weighted by Crippen LogP contribution is 2.24. The summed E-state index contributed by atoms with van der Waals surface area (Å²) in [5.41, 5.74) is 6.63. The van der Waals surface area contributed by atoms with Crippen LogP contribution in [0.25, 0.3) is 0 Å². The van der Waals surface area contributed by atoms with Gasteiger partial charge in [-0.15, -0.1) is 0 Å². The molecule has 2 aliphatic heterocycles. The minimum Gasteiger partial charge on any atom is -0.473 e. The Morgan fingerprint density at radius 2 is 2.47 bits per heavy atom. The Hall–Kier alpha value is -1.34. The summed E-state index contributed by atoms with van der Waals surface area (Å²) in [4.78, 5) is 5.94. The van der Waals surface area contributed by atoms with E-state index in [9.17, 15) is 0 Å². The lowest BCUT2D eigenvalue weighted by atomic mass is 10.3. The summed E-state index contributed by atoms with van der Waals surface area (Å²) in [7, 11) is 1.46. The molecule has 0 saturated carbocycles. The molecule has 0 aromatic carbocycles. The maximum absolute atomic E-state index is 5.87. The van der Waals surface area contributed by atoms with Crippen LogP contribution in [0.15, 0.2) is 39.7 Å². The van der Waals surface area contributed by atoms with Crippen LogP contribution in [0.5, 0.6) is 0 Å². The molecule has 5 nitrogen and oxygen atoms in total. The molecule has 0 saturated heterocycles. The zero-order valence-corrected chi connectivity index (χ0v) is 11.5. The van der Waals surface area contributed by atoms with E-state index in [0.717, 1.165) is 10.2 Å². The van der Waals surface area contributed by atoms with Gasteiger partial charge in [-0.05, 0) is 40.3 Å². The first-order valence-electron chi connectivity index (χ1n) is 4.84. The van der Waals surface area contributed by atoms with Gasteiger partial charge in [0.05, 0.1) is 7.11 Å². The molecule has 17 heavy (non-hydrogen) atoms. The molecule has 2 heterocycles. The van der Waals surface area contributed by atoms with Crippen molar-refractivity contribution in [2.24, 2.45) is 10.7 Å². The number of methoxy groups -OCH3 is 1. The van der Waals surface area contributed by atoms with Crippen LogP contribution in [-0.2, 0) is 4.74 Å². The zero-order chi connectivity index (χ0) is 12.4. The van der Waals surface area contributed by atoms with Crippen molar-refractivity contribution < 1.29 is 4.74 Å². The zero-order valence-electron chi connectivity index (χ0n) is 9.05. The molecule has 0 spiro atoms. The number of fused-ring (bicyclic) bond motifs is 1. The van der Waals surface area contributed by atoms with E-state index in [1.54, 1.807) is 6.20 Å². The molecule has 90 valence electrons. The van der Waals surface area contributed by atoms with Gasteiger partial charge < -0.3 is 20.7 Å². The molecule has 0 aromatic rings. The number of halogens is 1. The Labute approximate surface area is 113 Å². The van der Waals surface area contributed by atoms with E-state index in [4.69, 9.17) is 22.7 Å². The third kappa shape index (κ3) is 2.50. The van der Waals surface area contributed by atoms with Gasteiger partial charge in [-0.2, -0.15) is 4.99 Å². The van der Waals surface area contributed by atoms with E-state index in [1.807, 2.05) is 23.3 Å². The number of allylic oxidation sites excluding steroid dienone is 2. The highest BCUT2D eigenvalue weighted by atomic mass is 79.9. The van der Waals surface area contributed by atoms with Crippen molar-refractivity contribution in [3.63, 3.8) is 0 Å². The Balaban J connectivity index is 2.21. The highest BCUT2D eigenvalue weighted by molar-refractivity contribution is 9.11. The molecule has 0 aromatic heterocycles. The minimum absolute atomic E-state index is 0.0659. The summed E-state index contributed by atoms with van der Waals surface area (Å²) in [6.45, 7) is 0. The van der Waals surface area contributed by atoms with Gasteiger partial charge in [-0.3, -0.25) is 0 Å². The fraction of sp³-hybridized carbons (Fsp3) is 0.200.